The van der Waals surface area contributed by atoms with Crippen LogP contribution in [0, 0.1) is 5.82 Å². The van der Waals surface area contributed by atoms with Crippen molar-refractivity contribution in [2.24, 2.45) is 0 Å². The van der Waals surface area contributed by atoms with E-state index in [-0.39, 0.29) is 5.82 Å². The van der Waals surface area contributed by atoms with Gasteiger partial charge in [0.25, 0.3) is 0 Å². The summed E-state index contributed by atoms with van der Waals surface area (Å²) in [4.78, 5) is 11.8. The number of benzene rings is 1. The third-order valence-electron chi connectivity index (χ3n) is 6.21. The van der Waals surface area contributed by atoms with Crippen molar-refractivity contribution in [3.05, 3.63) is 58.8 Å². The van der Waals surface area contributed by atoms with Crippen LogP contribution in [-0.4, -0.2) is 32.5 Å². The molecule has 5 rings (SSSR count). The van der Waals surface area contributed by atoms with E-state index in [9.17, 15) is 8.78 Å². The molecule has 3 aromatic rings. The lowest BCUT2D eigenvalue weighted by molar-refractivity contribution is 0.138. The maximum atomic E-state index is 13.3. The van der Waals surface area contributed by atoms with E-state index in [4.69, 9.17) is 0 Å². The smallest absolute Gasteiger partial charge is 0.159 e. The Labute approximate surface area is 163 Å². The molecular weight excluding hydrogens is 358 g/mol. The molecule has 1 fully saturated rings. The molecule has 4 heterocycles. The highest BCUT2D eigenvalue weighted by Gasteiger charge is 2.35. The quantitative estimate of drug-likeness (QED) is 0.672. The van der Waals surface area contributed by atoms with Crippen molar-refractivity contribution in [1.82, 2.24) is 19.4 Å². The average molecular weight is 382 g/mol. The summed E-state index contributed by atoms with van der Waals surface area (Å²) in [5.74, 6) is -0.213. The summed E-state index contributed by atoms with van der Waals surface area (Å²) in [6.07, 6.45) is 6.93. The van der Waals surface area contributed by atoms with Gasteiger partial charge in [0.1, 0.15) is 18.0 Å². The minimum atomic E-state index is -0.590. The van der Waals surface area contributed by atoms with Crippen LogP contribution in [0.2, 0.25) is 0 Å². The van der Waals surface area contributed by atoms with Crippen molar-refractivity contribution in [1.29, 1.82) is 0 Å². The standard InChI is InChI=1S/C22H24F2N4/c23-13-17-14-25-22-21(26-17)20-18-3-1-2-10-27(18)11-9-19(20)28(22)12-8-15-4-6-16(24)7-5-15/h4-7,14,18H,1-3,8-13H2. The molecule has 0 N–H and O–H groups in total. The van der Waals surface area contributed by atoms with Crippen LogP contribution in [0.25, 0.3) is 11.2 Å². The highest BCUT2D eigenvalue weighted by molar-refractivity contribution is 5.79. The third kappa shape index (κ3) is 3.00. The molecule has 146 valence electrons. The Morgan fingerprint density at radius 1 is 1.11 bits per heavy atom. The second kappa shape index (κ2) is 7.24. The van der Waals surface area contributed by atoms with Crippen molar-refractivity contribution in [2.75, 3.05) is 13.1 Å². The molecule has 2 aromatic heterocycles. The monoisotopic (exact) mass is 382 g/mol. The van der Waals surface area contributed by atoms with Gasteiger partial charge in [0.15, 0.2) is 5.65 Å². The van der Waals surface area contributed by atoms with Crippen molar-refractivity contribution in [2.45, 2.75) is 51.4 Å². The summed E-state index contributed by atoms with van der Waals surface area (Å²) in [7, 11) is 0. The molecule has 0 radical (unpaired) electrons. The summed E-state index contributed by atoms with van der Waals surface area (Å²) < 4.78 is 28.8. The first-order chi connectivity index (χ1) is 13.7. The van der Waals surface area contributed by atoms with Crippen molar-refractivity contribution >= 4 is 11.2 Å². The number of rotatable bonds is 4. The van der Waals surface area contributed by atoms with Crippen LogP contribution in [0.1, 0.15) is 47.8 Å². The number of aromatic nitrogens is 3. The van der Waals surface area contributed by atoms with Crippen LogP contribution < -0.4 is 0 Å². The lowest BCUT2D eigenvalue weighted by Gasteiger charge is -2.39. The van der Waals surface area contributed by atoms with Gasteiger partial charge in [-0.15, -0.1) is 0 Å². The van der Waals surface area contributed by atoms with Gasteiger partial charge in [0.2, 0.25) is 0 Å². The summed E-state index contributed by atoms with van der Waals surface area (Å²) in [5, 5.41) is 0. The molecular formula is C22H24F2N4. The second-order valence-electron chi connectivity index (χ2n) is 7.85. The van der Waals surface area contributed by atoms with Crippen LogP contribution in [-0.2, 0) is 26.1 Å². The Morgan fingerprint density at radius 2 is 1.96 bits per heavy atom. The van der Waals surface area contributed by atoms with Gasteiger partial charge in [-0.3, -0.25) is 4.90 Å². The van der Waals surface area contributed by atoms with Crippen molar-refractivity contribution < 1.29 is 8.78 Å². The second-order valence-corrected chi connectivity index (χ2v) is 7.85. The Kier molecular flexibility index (Phi) is 4.59. The first-order valence-corrected chi connectivity index (χ1v) is 10.2. The van der Waals surface area contributed by atoms with E-state index in [1.807, 2.05) is 12.1 Å². The van der Waals surface area contributed by atoms with Crippen LogP contribution in [0.5, 0.6) is 0 Å². The number of halogens is 2. The first kappa shape index (κ1) is 17.7. The fourth-order valence-electron chi connectivity index (χ4n) is 4.86. The molecule has 2 aliphatic rings. The number of hydrogen-bond acceptors (Lipinski definition) is 3. The molecule has 0 amide bonds. The summed E-state index contributed by atoms with van der Waals surface area (Å²) >= 11 is 0. The van der Waals surface area contributed by atoms with E-state index in [2.05, 4.69) is 19.4 Å². The molecule has 0 bridgehead atoms. The fourth-order valence-corrected chi connectivity index (χ4v) is 4.86. The van der Waals surface area contributed by atoms with Gasteiger partial charge in [-0.05, 0) is 43.5 Å². The number of fused-ring (bicyclic) bond motifs is 5. The van der Waals surface area contributed by atoms with Crippen molar-refractivity contribution in [3.63, 3.8) is 0 Å². The summed E-state index contributed by atoms with van der Waals surface area (Å²) in [5.41, 5.74) is 5.80. The van der Waals surface area contributed by atoms with Gasteiger partial charge >= 0.3 is 0 Å². The number of piperidine rings is 1. The lowest BCUT2D eigenvalue weighted by Crippen LogP contribution is -2.39. The molecule has 6 heteroatoms. The predicted molar refractivity (Wildman–Crippen MR) is 104 cm³/mol. The molecule has 2 aliphatic heterocycles. The molecule has 0 aliphatic carbocycles. The lowest BCUT2D eigenvalue weighted by atomic mass is 9.90. The molecule has 0 spiro atoms. The first-order valence-electron chi connectivity index (χ1n) is 10.2. The summed E-state index contributed by atoms with van der Waals surface area (Å²) in [6, 6.07) is 7.06. The normalized spacial score (nSPS) is 19.6. The van der Waals surface area contributed by atoms with E-state index in [1.165, 1.54) is 36.2 Å². The van der Waals surface area contributed by atoms with E-state index < -0.39 is 6.67 Å². The van der Waals surface area contributed by atoms with Crippen LogP contribution >= 0.6 is 0 Å². The Bertz CT molecular complexity index is 996. The zero-order valence-electron chi connectivity index (χ0n) is 15.9. The molecule has 1 unspecified atom stereocenters. The van der Waals surface area contributed by atoms with Crippen molar-refractivity contribution in [3.8, 4) is 0 Å². The SMILES string of the molecule is FCc1cnc2c(n1)c1c(n2CCc2ccc(F)cc2)CCN2CCCCC12. The third-order valence-corrected chi connectivity index (χ3v) is 6.21. The average Bonchev–Trinajstić information content (AvgIpc) is 3.06. The number of nitrogens with zero attached hydrogens (tertiary/aromatic N) is 4. The molecule has 1 atom stereocenters. The van der Waals surface area contributed by atoms with E-state index in [1.54, 1.807) is 6.20 Å². The van der Waals surface area contributed by atoms with Gasteiger partial charge in [0.05, 0.1) is 11.9 Å². The minimum Gasteiger partial charge on any atom is -0.328 e. The van der Waals surface area contributed by atoms with Crippen LogP contribution in [0.15, 0.2) is 30.5 Å². The maximum absolute atomic E-state index is 13.3. The number of aryl methyl sites for hydroxylation is 2. The zero-order valence-corrected chi connectivity index (χ0v) is 15.9. The molecule has 0 saturated carbocycles. The number of alkyl halides is 1. The van der Waals surface area contributed by atoms with E-state index in [0.717, 1.165) is 55.6 Å². The minimum absolute atomic E-state index is 0.213. The van der Waals surface area contributed by atoms with Gasteiger partial charge in [-0.25, -0.2) is 18.7 Å². The van der Waals surface area contributed by atoms with Gasteiger partial charge < -0.3 is 4.57 Å². The highest BCUT2D eigenvalue weighted by atomic mass is 19.1. The van der Waals surface area contributed by atoms with E-state index in [0.29, 0.717) is 11.7 Å². The molecule has 4 nitrogen and oxygen atoms in total. The zero-order chi connectivity index (χ0) is 19.1. The predicted octanol–water partition coefficient (Wildman–Crippen LogP) is 4.37. The molecule has 28 heavy (non-hydrogen) atoms. The topological polar surface area (TPSA) is 34.0 Å². The highest BCUT2D eigenvalue weighted by Crippen LogP contribution is 2.41. The Balaban J connectivity index is 1.57. The molecule has 1 saturated heterocycles. The van der Waals surface area contributed by atoms with Crippen LogP contribution in [0.3, 0.4) is 0 Å². The van der Waals surface area contributed by atoms with Gasteiger partial charge in [-0.1, -0.05) is 18.6 Å². The summed E-state index contributed by atoms with van der Waals surface area (Å²) in [6.45, 7) is 2.36. The fraction of sp³-hybridized carbons (Fsp3) is 0.455. The van der Waals surface area contributed by atoms with Crippen LogP contribution in [0.4, 0.5) is 8.78 Å². The Hall–Kier alpha value is -2.34. The Morgan fingerprint density at radius 3 is 2.79 bits per heavy atom. The largest absolute Gasteiger partial charge is 0.328 e. The van der Waals surface area contributed by atoms with Gasteiger partial charge in [-0.2, -0.15) is 0 Å². The molecule has 1 aromatic carbocycles. The number of hydrogen-bond donors (Lipinski definition) is 0. The van der Waals surface area contributed by atoms with Gasteiger partial charge in [0, 0.05) is 36.8 Å². The maximum Gasteiger partial charge on any atom is 0.159 e. The van der Waals surface area contributed by atoms with E-state index >= 15 is 0 Å².